The first-order valence-electron chi connectivity index (χ1n) is 11.5. The van der Waals surface area contributed by atoms with Gasteiger partial charge in [-0.25, -0.2) is 26.3 Å². The Hall–Kier alpha value is -2.04. The minimum absolute atomic E-state index is 0.0526. The Labute approximate surface area is 208 Å². The van der Waals surface area contributed by atoms with Crippen LogP contribution in [0.5, 0.6) is 5.75 Å². The molecule has 0 aromatic heterocycles. The smallest absolute Gasteiger partial charge is 0.267 e. The second-order valence-electron chi connectivity index (χ2n) is 9.64. The molecule has 1 N–H and O–H groups in total. The van der Waals surface area contributed by atoms with Crippen LogP contribution in [0, 0.1) is 5.82 Å². The molecule has 1 unspecified atom stereocenters. The van der Waals surface area contributed by atoms with Crippen molar-refractivity contribution in [2.24, 2.45) is 0 Å². The first kappa shape index (κ1) is 26.0. The molecule has 6 nitrogen and oxygen atoms in total. The highest BCUT2D eigenvalue weighted by molar-refractivity contribution is 7.89. The zero-order chi connectivity index (χ0) is 25.4. The summed E-state index contributed by atoms with van der Waals surface area (Å²) in [5.41, 5.74) is -0.560. The van der Waals surface area contributed by atoms with Gasteiger partial charge in [0.15, 0.2) is 0 Å². The van der Waals surface area contributed by atoms with Crippen molar-refractivity contribution in [1.82, 2.24) is 9.62 Å². The molecular formula is C24H28ClF3N2O4S. The number of allylic oxidation sites excluding steroid dienone is 3. The number of hydrogen-bond donors (Lipinski definition) is 1. The number of rotatable bonds is 8. The molecule has 4 rings (SSSR count). The highest BCUT2D eigenvalue weighted by atomic mass is 35.5. The fourth-order valence-electron chi connectivity index (χ4n) is 4.45. The van der Waals surface area contributed by atoms with Gasteiger partial charge in [0.1, 0.15) is 29.7 Å². The number of nitrogens with zero attached hydrogens (tertiary/aromatic N) is 1. The molecule has 1 aromatic rings. The van der Waals surface area contributed by atoms with Gasteiger partial charge in [-0.05, 0) is 61.8 Å². The van der Waals surface area contributed by atoms with Crippen molar-refractivity contribution in [3.05, 3.63) is 52.6 Å². The van der Waals surface area contributed by atoms with Gasteiger partial charge in [-0.1, -0.05) is 5.57 Å². The Bertz CT molecular complexity index is 1160. The van der Waals surface area contributed by atoms with Crippen molar-refractivity contribution in [3.8, 4) is 5.75 Å². The predicted molar refractivity (Wildman–Crippen MR) is 127 cm³/mol. The molecule has 1 aromatic carbocycles. The van der Waals surface area contributed by atoms with Gasteiger partial charge in [0.05, 0.1) is 17.2 Å². The van der Waals surface area contributed by atoms with Gasteiger partial charge in [0.2, 0.25) is 10.0 Å². The van der Waals surface area contributed by atoms with Crippen LogP contribution in [0.15, 0.2) is 35.7 Å². The molecule has 1 atom stereocenters. The lowest BCUT2D eigenvalue weighted by atomic mass is 9.93. The Balaban J connectivity index is 1.38. The lowest BCUT2D eigenvalue weighted by molar-refractivity contribution is 0.0194. The van der Waals surface area contributed by atoms with Crippen LogP contribution in [0.4, 0.5) is 13.2 Å². The third-order valence-corrected chi connectivity index (χ3v) is 7.28. The van der Waals surface area contributed by atoms with Crippen LogP contribution in [0.2, 0.25) is 0 Å². The van der Waals surface area contributed by atoms with Crippen LogP contribution >= 0.6 is 11.6 Å². The van der Waals surface area contributed by atoms with E-state index in [0.29, 0.717) is 31.6 Å². The highest BCUT2D eigenvalue weighted by Gasteiger charge is 2.37. The minimum atomic E-state index is -3.85. The maximum atomic E-state index is 15.5. The number of sulfonamides is 1. The molecule has 1 aliphatic heterocycles. The van der Waals surface area contributed by atoms with Crippen LogP contribution in [0.1, 0.15) is 53.9 Å². The highest BCUT2D eigenvalue weighted by Crippen LogP contribution is 2.45. The largest absolute Gasteiger partial charge is 0.490 e. The number of benzene rings is 1. The number of alkyl halides is 2. The van der Waals surface area contributed by atoms with Gasteiger partial charge < -0.3 is 4.74 Å². The number of hydrogen-bond acceptors (Lipinski definition) is 5. The standard InChI is InChI=1S/C24H28ClF3N2O4S/c1-35(32,33)29-23(31)20-11-19(16-2-3-16)22(12-21(20)27)34-14-24(28)4-6-30(7-5-24)13-15-8-17(25)10-18(26)9-15/h9-12,16-17H,2-8,13-14H2,1H3,(H,29,31). The van der Waals surface area contributed by atoms with E-state index in [9.17, 15) is 22.0 Å². The van der Waals surface area contributed by atoms with Crippen molar-refractivity contribution in [1.29, 1.82) is 0 Å². The summed E-state index contributed by atoms with van der Waals surface area (Å²) in [6.07, 6.45) is 6.27. The van der Waals surface area contributed by atoms with Crippen molar-refractivity contribution in [2.75, 3.05) is 32.5 Å². The summed E-state index contributed by atoms with van der Waals surface area (Å²) in [5.74, 6) is -2.13. The maximum Gasteiger partial charge on any atom is 0.267 e. The van der Waals surface area contributed by atoms with Gasteiger partial charge >= 0.3 is 0 Å². The van der Waals surface area contributed by atoms with Crippen LogP contribution in [0.25, 0.3) is 0 Å². The molecule has 1 heterocycles. The van der Waals surface area contributed by atoms with Crippen molar-refractivity contribution in [2.45, 2.75) is 49.1 Å². The number of piperidine rings is 1. The van der Waals surface area contributed by atoms with Crippen LogP contribution in [-0.4, -0.2) is 62.8 Å². The molecule has 2 aliphatic carbocycles. The van der Waals surface area contributed by atoms with Crippen molar-refractivity contribution < 1.29 is 31.1 Å². The topological polar surface area (TPSA) is 75.7 Å². The Kier molecular flexibility index (Phi) is 7.54. The summed E-state index contributed by atoms with van der Waals surface area (Å²) in [6.45, 7) is 1.18. The summed E-state index contributed by atoms with van der Waals surface area (Å²) in [6, 6.07) is 2.33. The van der Waals surface area contributed by atoms with E-state index in [1.165, 1.54) is 18.2 Å². The molecule has 0 spiro atoms. The quantitative estimate of drug-likeness (QED) is 0.503. The third-order valence-electron chi connectivity index (χ3n) is 6.44. The summed E-state index contributed by atoms with van der Waals surface area (Å²) in [5, 5.41) is -0.377. The van der Waals surface area contributed by atoms with E-state index in [1.54, 1.807) is 4.72 Å². The molecule has 3 aliphatic rings. The molecule has 0 radical (unpaired) electrons. The molecule has 0 bridgehead atoms. The van der Waals surface area contributed by atoms with Crippen LogP contribution in [0.3, 0.4) is 0 Å². The van der Waals surface area contributed by atoms with E-state index < -0.39 is 33.0 Å². The van der Waals surface area contributed by atoms with E-state index in [2.05, 4.69) is 4.90 Å². The van der Waals surface area contributed by atoms with Gasteiger partial charge in [-0.15, -0.1) is 11.6 Å². The minimum Gasteiger partial charge on any atom is -0.490 e. The maximum absolute atomic E-state index is 15.5. The fourth-order valence-corrected chi connectivity index (χ4v) is 5.22. The lowest BCUT2D eigenvalue weighted by Crippen LogP contribution is -2.45. The molecule has 1 amide bonds. The normalized spacial score (nSPS) is 22.8. The number of carbonyl (C=O) groups is 1. The third kappa shape index (κ3) is 7.01. The van der Waals surface area contributed by atoms with Crippen molar-refractivity contribution in [3.63, 3.8) is 0 Å². The Morgan fingerprint density at radius 1 is 1.26 bits per heavy atom. The number of carbonyl (C=O) groups excluding carboxylic acids is 1. The SMILES string of the molecule is CS(=O)(=O)NC(=O)c1cc(C2CC2)c(OCC2(F)CCN(CC3=CC(F)=CC(Cl)C3)CC2)cc1F. The molecule has 2 fully saturated rings. The summed E-state index contributed by atoms with van der Waals surface area (Å²) < 4.78 is 74.0. The van der Waals surface area contributed by atoms with Crippen LogP contribution < -0.4 is 9.46 Å². The lowest BCUT2D eigenvalue weighted by Gasteiger charge is -2.37. The summed E-state index contributed by atoms with van der Waals surface area (Å²) in [4.78, 5) is 14.2. The van der Waals surface area contributed by atoms with E-state index in [4.69, 9.17) is 16.3 Å². The molecule has 11 heteroatoms. The fraction of sp³-hybridized carbons (Fsp3) is 0.542. The molecule has 1 saturated carbocycles. The second-order valence-corrected chi connectivity index (χ2v) is 11.9. The monoisotopic (exact) mass is 532 g/mol. The number of nitrogens with one attached hydrogen (secondary N) is 1. The molecule has 35 heavy (non-hydrogen) atoms. The zero-order valence-electron chi connectivity index (χ0n) is 19.3. The first-order valence-corrected chi connectivity index (χ1v) is 13.8. The predicted octanol–water partition coefficient (Wildman–Crippen LogP) is 4.37. The van der Waals surface area contributed by atoms with E-state index >= 15 is 4.39 Å². The number of halogens is 4. The van der Waals surface area contributed by atoms with Gasteiger partial charge in [0.25, 0.3) is 5.91 Å². The number of likely N-dealkylation sites (tertiary alicyclic amines) is 1. The van der Waals surface area contributed by atoms with Gasteiger partial charge in [0, 0.05) is 25.7 Å². The number of ether oxygens (including phenoxy) is 1. The average molecular weight is 533 g/mol. The van der Waals surface area contributed by atoms with E-state index in [1.807, 2.05) is 0 Å². The van der Waals surface area contributed by atoms with E-state index in [0.717, 1.165) is 30.7 Å². The van der Waals surface area contributed by atoms with Gasteiger partial charge in [-0.2, -0.15) is 0 Å². The average Bonchev–Trinajstić information content (AvgIpc) is 3.57. The van der Waals surface area contributed by atoms with E-state index in [-0.39, 0.29) is 42.3 Å². The zero-order valence-corrected chi connectivity index (χ0v) is 20.9. The van der Waals surface area contributed by atoms with Crippen molar-refractivity contribution >= 4 is 27.5 Å². The van der Waals surface area contributed by atoms with Gasteiger partial charge in [-0.3, -0.25) is 9.69 Å². The summed E-state index contributed by atoms with van der Waals surface area (Å²) in [7, 11) is -3.85. The first-order chi connectivity index (χ1) is 16.4. The molecule has 192 valence electrons. The Morgan fingerprint density at radius 3 is 2.54 bits per heavy atom. The summed E-state index contributed by atoms with van der Waals surface area (Å²) >= 11 is 6.05. The Morgan fingerprint density at radius 2 is 1.94 bits per heavy atom. The second kappa shape index (κ2) is 10.1. The number of amides is 1. The molecular weight excluding hydrogens is 505 g/mol. The van der Waals surface area contributed by atoms with Crippen LogP contribution in [-0.2, 0) is 10.0 Å². The molecule has 1 saturated heterocycles.